The Bertz CT molecular complexity index is 944. The SMILES string of the molecule is O=[N+]([O-])c1c[c-]c(/C=C/c2ccc([N+](=O)[O-])cc2S(=O)(=O)[O-])cc1.[Na+].[Na+]. The monoisotopic (exact) mass is 394 g/mol. The predicted octanol–water partition coefficient (Wildman–Crippen LogP) is -3.61. The van der Waals surface area contributed by atoms with Crippen LogP contribution in [0.2, 0.25) is 0 Å². The molecule has 0 spiro atoms. The Morgan fingerprint density at radius 2 is 1.50 bits per heavy atom. The quantitative estimate of drug-likeness (QED) is 0.127. The van der Waals surface area contributed by atoms with E-state index in [-0.39, 0.29) is 70.4 Å². The maximum atomic E-state index is 11.3. The molecule has 0 radical (unpaired) electrons. The number of hydrogen-bond acceptors (Lipinski definition) is 7. The summed E-state index contributed by atoms with van der Waals surface area (Å²) in [5.41, 5.74) is -0.329. The number of rotatable bonds is 5. The van der Waals surface area contributed by atoms with Gasteiger partial charge in [-0.1, -0.05) is 18.2 Å². The third-order valence-electron chi connectivity index (χ3n) is 2.95. The van der Waals surface area contributed by atoms with Gasteiger partial charge >= 0.3 is 59.1 Å². The van der Waals surface area contributed by atoms with E-state index in [1.54, 1.807) is 0 Å². The number of nitrogens with zero attached hydrogens (tertiary/aromatic N) is 2. The Kier molecular flexibility index (Phi) is 9.84. The van der Waals surface area contributed by atoms with Gasteiger partial charge in [0.25, 0.3) is 5.69 Å². The van der Waals surface area contributed by atoms with Crippen LogP contribution in [0.4, 0.5) is 11.4 Å². The van der Waals surface area contributed by atoms with Crippen LogP contribution in [0.15, 0.2) is 41.3 Å². The second kappa shape index (κ2) is 10.3. The molecule has 12 heteroatoms. The molecule has 0 aliphatic heterocycles. The van der Waals surface area contributed by atoms with Gasteiger partial charge in [0.1, 0.15) is 10.1 Å². The van der Waals surface area contributed by atoms with Crippen LogP contribution in [-0.4, -0.2) is 22.8 Å². The van der Waals surface area contributed by atoms with Crippen LogP contribution in [0.25, 0.3) is 12.2 Å². The van der Waals surface area contributed by atoms with Gasteiger partial charge < -0.3 is 4.55 Å². The van der Waals surface area contributed by atoms with E-state index in [1.807, 2.05) is 0 Å². The van der Waals surface area contributed by atoms with Crippen molar-refractivity contribution in [3.05, 3.63) is 73.8 Å². The molecule has 0 atom stereocenters. The van der Waals surface area contributed by atoms with Gasteiger partial charge in [0.15, 0.2) is 5.69 Å². The van der Waals surface area contributed by atoms with Gasteiger partial charge in [-0.2, -0.15) is 0 Å². The van der Waals surface area contributed by atoms with E-state index in [1.165, 1.54) is 24.3 Å². The summed E-state index contributed by atoms with van der Waals surface area (Å²) in [5.74, 6) is 0. The Labute approximate surface area is 192 Å². The van der Waals surface area contributed by atoms with Crippen LogP contribution in [0, 0.1) is 26.3 Å². The zero-order chi connectivity index (χ0) is 17.9. The molecule has 26 heavy (non-hydrogen) atoms. The first kappa shape index (κ1) is 24.9. The van der Waals surface area contributed by atoms with Crippen LogP contribution < -0.4 is 59.1 Å². The van der Waals surface area contributed by atoms with Gasteiger partial charge in [0, 0.05) is 17.1 Å². The zero-order valence-electron chi connectivity index (χ0n) is 13.8. The summed E-state index contributed by atoms with van der Waals surface area (Å²) in [7, 11) is -4.92. The summed E-state index contributed by atoms with van der Waals surface area (Å²) < 4.78 is 33.8. The molecular formula is C14H8N2Na2O7S. The largest absolute Gasteiger partial charge is 1.00 e. The van der Waals surface area contributed by atoms with Crippen LogP contribution in [0.1, 0.15) is 11.1 Å². The van der Waals surface area contributed by atoms with Gasteiger partial charge in [-0.3, -0.25) is 20.2 Å². The fourth-order valence-corrected chi connectivity index (χ4v) is 2.51. The van der Waals surface area contributed by atoms with Crippen molar-refractivity contribution in [3.63, 3.8) is 0 Å². The van der Waals surface area contributed by atoms with Crippen molar-refractivity contribution < 1.29 is 81.9 Å². The normalized spacial score (nSPS) is 10.7. The topological polar surface area (TPSA) is 143 Å². The van der Waals surface area contributed by atoms with E-state index in [9.17, 15) is 33.2 Å². The molecule has 0 unspecified atom stereocenters. The Balaban J connectivity index is 0.00000312. The summed E-state index contributed by atoms with van der Waals surface area (Å²) >= 11 is 0. The molecule has 0 aliphatic rings. The molecule has 0 amide bonds. The summed E-state index contributed by atoms with van der Waals surface area (Å²) in [5, 5.41) is 21.2. The molecule has 124 valence electrons. The molecule has 9 nitrogen and oxygen atoms in total. The van der Waals surface area contributed by atoms with Gasteiger partial charge in [-0.25, -0.2) is 8.42 Å². The minimum Gasteiger partial charge on any atom is -0.744 e. The predicted molar refractivity (Wildman–Crippen MR) is 81.9 cm³/mol. The van der Waals surface area contributed by atoms with Gasteiger partial charge in [-0.05, 0) is 11.6 Å². The van der Waals surface area contributed by atoms with E-state index >= 15 is 0 Å². The van der Waals surface area contributed by atoms with E-state index in [2.05, 4.69) is 6.07 Å². The fraction of sp³-hybridized carbons (Fsp3) is 0. The summed E-state index contributed by atoms with van der Waals surface area (Å²) in [4.78, 5) is 19.1. The van der Waals surface area contributed by atoms with Crippen molar-refractivity contribution in [2.24, 2.45) is 0 Å². The van der Waals surface area contributed by atoms with Crippen molar-refractivity contribution in [1.82, 2.24) is 0 Å². The molecule has 0 aromatic heterocycles. The second-order valence-corrected chi connectivity index (χ2v) is 5.87. The van der Waals surface area contributed by atoms with Crippen molar-refractivity contribution in [1.29, 1.82) is 0 Å². The van der Waals surface area contributed by atoms with Gasteiger partial charge in [0.05, 0.1) is 9.82 Å². The number of non-ortho nitro benzene ring substituents is 2. The van der Waals surface area contributed by atoms with Crippen molar-refractivity contribution in [3.8, 4) is 0 Å². The average molecular weight is 394 g/mol. The second-order valence-electron chi connectivity index (χ2n) is 4.53. The minimum absolute atomic E-state index is 0. The van der Waals surface area contributed by atoms with E-state index in [0.29, 0.717) is 11.6 Å². The molecule has 2 aromatic rings. The first-order valence-electron chi connectivity index (χ1n) is 6.27. The molecule has 2 aromatic carbocycles. The van der Waals surface area contributed by atoms with Crippen LogP contribution >= 0.6 is 0 Å². The molecule has 0 fully saturated rings. The van der Waals surface area contributed by atoms with Crippen molar-refractivity contribution in [2.45, 2.75) is 4.90 Å². The molecule has 0 N–H and O–H groups in total. The molecular weight excluding hydrogens is 386 g/mol. The number of nitro benzene ring substituents is 2. The maximum Gasteiger partial charge on any atom is 1.00 e. The number of benzene rings is 2. The molecule has 0 heterocycles. The molecule has 0 bridgehead atoms. The minimum atomic E-state index is -4.92. The van der Waals surface area contributed by atoms with E-state index < -0.39 is 30.5 Å². The molecule has 2 rings (SSSR count). The third-order valence-corrected chi connectivity index (χ3v) is 3.84. The molecule has 0 aliphatic carbocycles. The number of nitro groups is 2. The standard InChI is InChI=1S/C14H9N2O7S.2Na/c17-15(18)12-6-2-10(3-7-12)1-4-11-5-8-13(16(19)20)9-14(11)24(21,22)23;;/h1-2,4-9H,(H,21,22,23);;/q-1;2*+1/p-1/b4-1+;;. The Morgan fingerprint density at radius 1 is 0.923 bits per heavy atom. The first-order chi connectivity index (χ1) is 11.2. The first-order valence-corrected chi connectivity index (χ1v) is 7.68. The molecule has 0 saturated heterocycles. The summed E-state index contributed by atoms with van der Waals surface area (Å²) in [6.07, 6.45) is 2.63. The zero-order valence-corrected chi connectivity index (χ0v) is 18.6. The average Bonchev–Trinajstić information content (AvgIpc) is 2.52. The smallest absolute Gasteiger partial charge is 0.744 e. The number of hydrogen-bond donors (Lipinski definition) is 0. The van der Waals surface area contributed by atoms with Crippen LogP contribution in [-0.2, 0) is 10.1 Å². The van der Waals surface area contributed by atoms with Crippen molar-refractivity contribution in [2.75, 3.05) is 0 Å². The van der Waals surface area contributed by atoms with E-state index in [0.717, 1.165) is 18.2 Å². The summed E-state index contributed by atoms with van der Waals surface area (Å²) in [6.45, 7) is 0. The van der Waals surface area contributed by atoms with Crippen LogP contribution in [0.3, 0.4) is 0 Å². The Hall–Kier alpha value is -1.11. The van der Waals surface area contributed by atoms with Crippen molar-refractivity contribution >= 4 is 33.6 Å². The Morgan fingerprint density at radius 3 is 1.96 bits per heavy atom. The molecule has 0 saturated carbocycles. The van der Waals surface area contributed by atoms with Gasteiger partial charge in [-0.15, -0.1) is 23.8 Å². The van der Waals surface area contributed by atoms with Crippen LogP contribution in [0.5, 0.6) is 0 Å². The summed E-state index contributed by atoms with van der Waals surface area (Å²) in [6, 6.07) is 9.24. The fourth-order valence-electron chi connectivity index (χ4n) is 1.82. The maximum absolute atomic E-state index is 11.3. The van der Waals surface area contributed by atoms with Gasteiger partial charge in [0.2, 0.25) is 0 Å². The van der Waals surface area contributed by atoms with E-state index in [4.69, 9.17) is 0 Å². The third kappa shape index (κ3) is 6.56.